The first-order valence-electron chi connectivity index (χ1n) is 19.8. The Morgan fingerprint density at radius 3 is 2.18 bits per heavy atom. The molecule has 3 aliphatic rings. The third-order valence-corrected chi connectivity index (χ3v) is 11.4. The van der Waals surface area contributed by atoms with Gasteiger partial charge in [0.15, 0.2) is 0 Å². The maximum atomic E-state index is 14.0. The molecule has 1 unspecified atom stereocenters. The number of likely N-dealkylation sites (N-methyl/N-ethyl adjacent to an activating group) is 2. The van der Waals surface area contributed by atoms with Crippen LogP contribution in [0.25, 0.3) is 22.5 Å². The second-order valence-electron chi connectivity index (χ2n) is 15.7. The molecular weight excluding hydrogens is 717 g/mol. The molecule has 0 radical (unpaired) electrons. The predicted molar refractivity (Wildman–Crippen MR) is 218 cm³/mol. The third-order valence-electron chi connectivity index (χ3n) is 11.4. The van der Waals surface area contributed by atoms with E-state index in [9.17, 15) is 14.4 Å². The Hall–Kier alpha value is -5.85. The van der Waals surface area contributed by atoms with Gasteiger partial charge in [-0.25, -0.2) is 9.97 Å². The number of aromatic amines is 1. The Morgan fingerprint density at radius 1 is 0.842 bits per heavy atom. The van der Waals surface area contributed by atoms with Gasteiger partial charge in [-0.05, 0) is 89.3 Å². The van der Waals surface area contributed by atoms with Crippen LogP contribution in [-0.4, -0.2) is 99.6 Å². The Bertz CT molecular complexity index is 2300. The topological polar surface area (TPSA) is 131 Å². The fourth-order valence-corrected chi connectivity index (χ4v) is 8.64. The molecule has 0 bridgehead atoms. The molecule has 12 nitrogen and oxygen atoms in total. The molecule has 0 spiro atoms. The summed E-state index contributed by atoms with van der Waals surface area (Å²) in [4.78, 5) is 62.2. The first-order valence-corrected chi connectivity index (χ1v) is 19.8. The fraction of sp³-hybridized carbons (Fsp3) is 0.356. The molecule has 2 N–H and O–H groups in total. The van der Waals surface area contributed by atoms with Gasteiger partial charge in [0.05, 0.1) is 23.3 Å². The number of hydrogen-bond acceptors (Lipinski definition) is 8. The number of oxazole rings is 1. The van der Waals surface area contributed by atoms with E-state index in [0.717, 1.165) is 58.5 Å². The number of benzene rings is 3. The average Bonchev–Trinajstić information content (AvgIpc) is 4.05. The lowest BCUT2D eigenvalue weighted by atomic mass is 9.96. The number of allylic oxidation sites excluding steroid dienone is 4. The standard InChI is InChI=1S/C45H50N8O4/c1-50(2)39(29-14-7-5-8-15-29)44(55)52-24-12-20-36(52)41-48-34-23-22-32(27-35(34)49-41)43-46-28-38(57-43)31-18-11-19-33(26-31)47-42(54)37-21-13-25-53(37)45(56)40(51(3)4)30-16-9-6-10-17-30/h5-11,14-19,22-23,27-28,31,36-37,39-40H,12-13,20-21,24-26H2,1-4H3,(H,47,54)(H,48,49)/t31?,36-,37-,39+,40+/m0/s1. The van der Waals surface area contributed by atoms with E-state index in [0.29, 0.717) is 37.6 Å². The normalized spacial score (nSPS) is 20.7. The van der Waals surface area contributed by atoms with Gasteiger partial charge >= 0.3 is 0 Å². The number of aromatic nitrogens is 3. The zero-order chi connectivity index (χ0) is 39.6. The van der Waals surface area contributed by atoms with Gasteiger partial charge in [-0.3, -0.25) is 24.2 Å². The van der Waals surface area contributed by atoms with E-state index < -0.39 is 12.1 Å². The Kier molecular flexibility index (Phi) is 10.9. The van der Waals surface area contributed by atoms with E-state index in [1.165, 1.54) is 0 Å². The van der Waals surface area contributed by atoms with Crippen molar-refractivity contribution in [1.29, 1.82) is 0 Å². The quantitative estimate of drug-likeness (QED) is 0.156. The van der Waals surface area contributed by atoms with Crippen LogP contribution in [0.3, 0.4) is 0 Å². The largest absolute Gasteiger partial charge is 0.441 e. The smallest absolute Gasteiger partial charge is 0.246 e. The summed E-state index contributed by atoms with van der Waals surface area (Å²) < 4.78 is 6.34. The molecule has 2 aliphatic heterocycles. The number of rotatable bonds is 11. The highest BCUT2D eigenvalue weighted by Gasteiger charge is 2.39. The lowest BCUT2D eigenvalue weighted by Crippen LogP contribution is -2.49. The van der Waals surface area contributed by atoms with Crippen molar-refractivity contribution in [3.63, 3.8) is 0 Å². The zero-order valence-corrected chi connectivity index (χ0v) is 33.0. The Morgan fingerprint density at radius 2 is 1.49 bits per heavy atom. The Labute approximate surface area is 333 Å². The van der Waals surface area contributed by atoms with E-state index in [-0.39, 0.29) is 35.7 Å². The first-order chi connectivity index (χ1) is 27.7. The molecule has 3 aromatic carbocycles. The first kappa shape index (κ1) is 38.0. The number of nitrogens with one attached hydrogen (secondary N) is 2. The van der Waals surface area contributed by atoms with E-state index >= 15 is 0 Å². The van der Waals surface area contributed by atoms with Gasteiger partial charge in [0.1, 0.15) is 29.7 Å². The van der Waals surface area contributed by atoms with Crippen molar-refractivity contribution in [2.45, 2.75) is 62.2 Å². The average molecular weight is 767 g/mol. The van der Waals surface area contributed by atoms with E-state index in [2.05, 4.69) is 15.3 Å². The van der Waals surface area contributed by atoms with Crippen LogP contribution in [0.5, 0.6) is 0 Å². The molecule has 57 heavy (non-hydrogen) atoms. The molecule has 3 amide bonds. The van der Waals surface area contributed by atoms with Gasteiger partial charge in [-0.15, -0.1) is 0 Å². The van der Waals surface area contributed by atoms with Crippen LogP contribution >= 0.6 is 0 Å². The molecule has 2 aromatic heterocycles. The van der Waals surface area contributed by atoms with Gasteiger partial charge < -0.3 is 24.5 Å². The summed E-state index contributed by atoms with van der Waals surface area (Å²) in [6, 6.07) is 24.0. The molecule has 0 saturated carbocycles. The van der Waals surface area contributed by atoms with Crippen molar-refractivity contribution in [3.8, 4) is 11.5 Å². The van der Waals surface area contributed by atoms with Gasteiger partial charge in [0.2, 0.25) is 23.6 Å². The predicted octanol–water partition coefficient (Wildman–Crippen LogP) is 6.52. The number of nitrogens with zero attached hydrogens (tertiary/aromatic N) is 6. The summed E-state index contributed by atoms with van der Waals surface area (Å²) in [5, 5.41) is 3.13. The number of H-pyrrole nitrogens is 1. The van der Waals surface area contributed by atoms with Crippen LogP contribution in [0.2, 0.25) is 0 Å². The maximum Gasteiger partial charge on any atom is 0.246 e. The van der Waals surface area contributed by atoms with E-state index in [1.54, 1.807) is 11.1 Å². The molecule has 5 aromatic rings. The number of carbonyl (C=O) groups is 3. The summed E-state index contributed by atoms with van der Waals surface area (Å²) >= 11 is 0. The molecule has 8 rings (SSSR count). The summed E-state index contributed by atoms with van der Waals surface area (Å²) in [7, 11) is 7.67. The van der Waals surface area contributed by atoms with Crippen molar-refractivity contribution in [1.82, 2.24) is 39.9 Å². The second-order valence-corrected chi connectivity index (χ2v) is 15.7. The third kappa shape index (κ3) is 7.79. The summed E-state index contributed by atoms with van der Waals surface area (Å²) in [5.41, 5.74) is 5.10. The minimum Gasteiger partial charge on any atom is -0.441 e. The molecule has 1 aliphatic carbocycles. The molecule has 2 saturated heterocycles. The number of carbonyl (C=O) groups excluding carboxylic acids is 3. The van der Waals surface area contributed by atoms with Crippen LogP contribution < -0.4 is 5.32 Å². The number of imidazole rings is 1. The van der Waals surface area contributed by atoms with Crippen LogP contribution in [-0.2, 0) is 14.4 Å². The molecule has 294 valence electrons. The van der Waals surface area contributed by atoms with Crippen LogP contribution in [0, 0.1) is 0 Å². The van der Waals surface area contributed by atoms with Crippen LogP contribution in [0.1, 0.15) is 78.9 Å². The summed E-state index contributed by atoms with van der Waals surface area (Å²) in [6.45, 7) is 1.23. The number of likely N-dealkylation sites (tertiary alicyclic amines) is 2. The number of hydrogen-bond donors (Lipinski definition) is 2. The van der Waals surface area contributed by atoms with Gasteiger partial charge in [-0.1, -0.05) is 72.8 Å². The van der Waals surface area contributed by atoms with Gasteiger partial charge in [0, 0.05) is 36.7 Å². The van der Waals surface area contributed by atoms with Crippen LogP contribution in [0.4, 0.5) is 0 Å². The van der Waals surface area contributed by atoms with Crippen molar-refractivity contribution < 1.29 is 18.8 Å². The van der Waals surface area contributed by atoms with Gasteiger partial charge in [-0.2, -0.15) is 0 Å². The van der Waals surface area contributed by atoms with Crippen molar-refractivity contribution in [2.75, 3.05) is 41.3 Å². The molecular formula is C45H50N8O4. The maximum absolute atomic E-state index is 14.0. The van der Waals surface area contributed by atoms with Crippen molar-refractivity contribution >= 4 is 28.8 Å². The minimum absolute atomic E-state index is 0.0646. The zero-order valence-electron chi connectivity index (χ0n) is 33.0. The Balaban J connectivity index is 0.927. The van der Waals surface area contributed by atoms with Crippen molar-refractivity contribution in [3.05, 3.63) is 132 Å². The molecule has 5 atom stereocenters. The highest BCUT2D eigenvalue weighted by molar-refractivity contribution is 5.91. The minimum atomic E-state index is -0.537. The number of fused-ring (bicyclic) bond motifs is 1. The van der Waals surface area contributed by atoms with Gasteiger partial charge in [0.25, 0.3) is 0 Å². The van der Waals surface area contributed by atoms with E-state index in [4.69, 9.17) is 9.40 Å². The fourth-order valence-electron chi connectivity index (χ4n) is 8.64. The van der Waals surface area contributed by atoms with E-state index in [1.807, 2.05) is 140 Å². The number of amides is 3. The van der Waals surface area contributed by atoms with Crippen LogP contribution in [0.15, 0.2) is 113 Å². The molecule has 12 heteroatoms. The van der Waals surface area contributed by atoms with Crippen molar-refractivity contribution in [2.24, 2.45) is 0 Å². The summed E-state index contributed by atoms with van der Waals surface area (Å²) in [5.74, 6) is 1.65. The lowest BCUT2D eigenvalue weighted by Gasteiger charge is -2.32. The second kappa shape index (κ2) is 16.3. The SMILES string of the molecule is CN(C)[C@@H](C(=O)N1CCC[C@H]1C(=O)NC1=CC=CC(c2cnc(-c3ccc4[nH]c([C@@H]5CCCN5C(=O)[C@@H](c5ccccc5)N(C)C)nc4c3)o2)C1)c1ccccc1. The molecule has 2 fully saturated rings. The monoisotopic (exact) mass is 766 g/mol. The summed E-state index contributed by atoms with van der Waals surface area (Å²) in [6.07, 6.45) is 11.3. The highest BCUT2D eigenvalue weighted by atomic mass is 16.4. The molecule has 4 heterocycles. The lowest BCUT2D eigenvalue weighted by molar-refractivity contribution is -0.142. The highest BCUT2D eigenvalue weighted by Crippen LogP contribution is 2.37.